The number of imidazole rings is 1. The molecule has 1 aromatic carbocycles. The summed E-state index contributed by atoms with van der Waals surface area (Å²) >= 11 is 0. The zero-order valence-corrected chi connectivity index (χ0v) is 8.09. The van der Waals surface area contributed by atoms with Gasteiger partial charge in [-0.25, -0.2) is 4.98 Å². The van der Waals surface area contributed by atoms with E-state index in [1.165, 1.54) is 5.56 Å². The largest absolute Gasteiger partial charge is 0.340 e. The first-order valence-corrected chi connectivity index (χ1v) is 4.56. The third kappa shape index (κ3) is 2.10. The molecule has 1 aromatic heterocycles. The van der Waals surface area contributed by atoms with Gasteiger partial charge in [0, 0.05) is 13.2 Å². The molecule has 0 amide bonds. The minimum Gasteiger partial charge on any atom is -0.340 e. The van der Waals surface area contributed by atoms with Gasteiger partial charge in [0.1, 0.15) is 0 Å². The number of aryl methyl sites for hydroxylation is 1. The molecule has 0 unspecified atom stereocenters. The lowest BCUT2D eigenvalue weighted by atomic mass is 10.2. The number of hydrogen-bond acceptors (Lipinski definition) is 1. The number of rotatable bonds is 2. The Hall–Kier alpha value is -1.83. The quantitative estimate of drug-likeness (QED) is 0.701. The summed E-state index contributed by atoms with van der Waals surface area (Å²) in [5, 5.41) is 0. The average molecular weight is 184 g/mol. The number of nitrogens with zero attached hydrogens (tertiary/aromatic N) is 2. The van der Waals surface area contributed by atoms with Crippen LogP contribution < -0.4 is 0 Å². The molecule has 1 heterocycles. The molecule has 0 fully saturated rings. The first-order valence-electron chi connectivity index (χ1n) is 4.56. The third-order valence-electron chi connectivity index (χ3n) is 1.97. The van der Waals surface area contributed by atoms with E-state index in [1.54, 1.807) is 6.33 Å². The highest BCUT2D eigenvalue weighted by atomic mass is 15.0. The number of benzene rings is 1. The van der Waals surface area contributed by atoms with Gasteiger partial charge in [0.25, 0.3) is 0 Å². The third-order valence-corrected chi connectivity index (χ3v) is 1.97. The Bertz CT molecular complexity index is 427. The SMILES string of the molecule is Cn1cnc(/C=C/c2ccccc2)c1. The summed E-state index contributed by atoms with van der Waals surface area (Å²) in [4.78, 5) is 4.21. The van der Waals surface area contributed by atoms with E-state index in [-0.39, 0.29) is 0 Å². The molecule has 70 valence electrons. The molecule has 0 N–H and O–H groups in total. The van der Waals surface area contributed by atoms with Gasteiger partial charge in [-0.2, -0.15) is 0 Å². The predicted octanol–water partition coefficient (Wildman–Crippen LogP) is 2.59. The Morgan fingerprint density at radius 3 is 2.57 bits per heavy atom. The van der Waals surface area contributed by atoms with Crippen molar-refractivity contribution in [1.82, 2.24) is 9.55 Å². The maximum Gasteiger partial charge on any atom is 0.0950 e. The molecule has 0 saturated heterocycles. The van der Waals surface area contributed by atoms with Crippen LogP contribution in [0.3, 0.4) is 0 Å². The standard InChI is InChI=1S/C12H12N2/c1-14-9-12(13-10-14)8-7-11-5-3-2-4-6-11/h2-10H,1H3/b8-7+. The van der Waals surface area contributed by atoms with Crippen molar-refractivity contribution in [3.05, 3.63) is 54.1 Å². The van der Waals surface area contributed by atoms with Crippen LogP contribution >= 0.6 is 0 Å². The second-order valence-electron chi connectivity index (χ2n) is 3.21. The van der Waals surface area contributed by atoms with Crippen LogP contribution in [-0.4, -0.2) is 9.55 Å². The summed E-state index contributed by atoms with van der Waals surface area (Å²) in [6.07, 6.45) is 7.85. The fourth-order valence-corrected chi connectivity index (χ4v) is 1.26. The summed E-state index contributed by atoms with van der Waals surface area (Å²) in [5.74, 6) is 0. The van der Waals surface area contributed by atoms with Gasteiger partial charge < -0.3 is 4.57 Å². The van der Waals surface area contributed by atoms with Crippen molar-refractivity contribution in [2.75, 3.05) is 0 Å². The monoisotopic (exact) mass is 184 g/mol. The number of aromatic nitrogens is 2. The molecule has 0 aliphatic heterocycles. The molecule has 2 heteroatoms. The maximum absolute atomic E-state index is 4.21. The van der Waals surface area contributed by atoms with Crippen LogP contribution in [0, 0.1) is 0 Å². The summed E-state index contributed by atoms with van der Waals surface area (Å²) in [5.41, 5.74) is 2.18. The van der Waals surface area contributed by atoms with E-state index >= 15 is 0 Å². The van der Waals surface area contributed by atoms with Crippen LogP contribution in [0.4, 0.5) is 0 Å². The van der Waals surface area contributed by atoms with Crippen molar-refractivity contribution >= 4 is 12.2 Å². The fraction of sp³-hybridized carbons (Fsp3) is 0.0833. The Balaban J connectivity index is 2.15. The van der Waals surface area contributed by atoms with Gasteiger partial charge in [-0.15, -0.1) is 0 Å². The molecule has 0 bridgehead atoms. The second kappa shape index (κ2) is 3.92. The zero-order chi connectivity index (χ0) is 9.80. The minimum atomic E-state index is 0.983. The molecule has 2 nitrogen and oxygen atoms in total. The fourth-order valence-electron chi connectivity index (χ4n) is 1.26. The van der Waals surface area contributed by atoms with Crippen molar-refractivity contribution in [2.45, 2.75) is 0 Å². The lowest BCUT2D eigenvalue weighted by Gasteiger charge is -1.89. The maximum atomic E-state index is 4.21. The van der Waals surface area contributed by atoms with Crippen molar-refractivity contribution in [3.8, 4) is 0 Å². The smallest absolute Gasteiger partial charge is 0.0950 e. The summed E-state index contributed by atoms with van der Waals surface area (Å²) in [6.45, 7) is 0. The van der Waals surface area contributed by atoms with Gasteiger partial charge >= 0.3 is 0 Å². The first kappa shape index (κ1) is 8.75. The highest BCUT2D eigenvalue weighted by molar-refractivity contribution is 5.67. The summed E-state index contributed by atoms with van der Waals surface area (Å²) < 4.78 is 1.94. The van der Waals surface area contributed by atoms with Crippen LogP contribution in [0.15, 0.2) is 42.9 Å². The Morgan fingerprint density at radius 1 is 1.14 bits per heavy atom. The number of hydrogen-bond donors (Lipinski definition) is 0. The molecule has 0 radical (unpaired) electrons. The van der Waals surface area contributed by atoms with Crippen LogP contribution in [0.1, 0.15) is 11.3 Å². The second-order valence-corrected chi connectivity index (χ2v) is 3.21. The Morgan fingerprint density at radius 2 is 1.93 bits per heavy atom. The normalized spacial score (nSPS) is 10.9. The predicted molar refractivity (Wildman–Crippen MR) is 58.6 cm³/mol. The topological polar surface area (TPSA) is 17.8 Å². The van der Waals surface area contributed by atoms with E-state index in [9.17, 15) is 0 Å². The van der Waals surface area contributed by atoms with Crippen LogP contribution in [0.2, 0.25) is 0 Å². The minimum absolute atomic E-state index is 0.983. The summed E-state index contributed by atoms with van der Waals surface area (Å²) in [7, 11) is 1.97. The van der Waals surface area contributed by atoms with E-state index in [0.717, 1.165) is 5.69 Å². The Kier molecular flexibility index (Phi) is 2.45. The van der Waals surface area contributed by atoms with Crippen molar-refractivity contribution in [2.24, 2.45) is 7.05 Å². The molecule has 0 spiro atoms. The van der Waals surface area contributed by atoms with Crippen LogP contribution in [0.5, 0.6) is 0 Å². The molecular weight excluding hydrogens is 172 g/mol. The lowest BCUT2D eigenvalue weighted by Crippen LogP contribution is -1.77. The van der Waals surface area contributed by atoms with Gasteiger partial charge in [0.2, 0.25) is 0 Å². The molecule has 0 atom stereocenters. The van der Waals surface area contributed by atoms with Gasteiger partial charge in [-0.05, 0) is 11.6 Å². The summed E-state index contributed by atoms with van der Waals surface area (Å²) in [6, 6.07) is 10.2. The Labute approximate surface area is 83.5 Å². The molecule has 2 rings (SSSR count). The van der Waals surface area contributed by atoms with Crippen molar-refractivity contribution < 1.29 is 0 Å². The molecular formula is C12H12N2. The van der Waals surface area contributed by atoms with Gasteiger partial charge in [-0.3, -0.25) is 0 Å². The van der Waals surface area contributed by atoms with Gasteiger partial charge in [0.05, 0.1) is 12.0 Å². The van der Waals surface area contributed by atoms with Gasteiger partial charge in [-0.1, -0.05) is 36.4 Å². The van der Waals surface area contributed by atoms with Crippen molar-refractivity contribution in [3.63, 3.8) is 0 Å². The van der Waals surface area contributed by atoms with Crippen molar-refractivity contribution in [1.29, 1.82) is 0 Å². The van der Waals surface area contributed by atoms with Crippen LogP contribution in [-0.2, 0) is 7.05 Å². The highest BCUT2D eigenvalue weighted by Crippen LogP contribution is 2.05. The van der Waals surface area contributed by atoms with E-state index in [4.69, 9.17) is 0 Å². The molecule has 0 aliphatic rings. The highest BCUT2D eigenvalue weighted by Gasteiger charge is 1.89. The molecule has 0 aliphatic carbocycles. The average Bonchev–Trinajstić information content (AvgIpc) is 2.63. The zero-order valence-electron chi connectivity index (χ0n) is 8.09. The van der Waals surface area contributed by atoms with E-state index in [1.807, 2.05) is 42.1 Å². The first-order chi connectivity index (χ1) is 6.84. The lowest BCUT2D eigenvalue weighted by molar-refractivity contribution is 0.913. The van der Waals surface area contributed by atoms with Crippen LogP contribution in [0.25, 0.3) is 12.2 Å². The van der Waals surface area contributed by atoms with E-state index < -0.39 is 0 Å². The van der Waals surface area contributed by atoms with E-state index in [0.29, 0.717) is 0 Å². The molecule has 14 heavy (non-hydrogen) atoms. The molecule has 2 aromatic rings. The van der Waals surface area contributed by atoms with Gasteiger partial charge in [0.15, 0.2) is 0 Å². The molecule has 0 saturated carbocycles. The van der Waals surface area contributed by atoms with E-state index in [2.05, 4.69) is 23.2 Å².